The third kappa shape index (κ3) is 6.86. The minimum Gasteiger partial charge on any atom is -0.484 e. The van der Waals surface area contributed by atoms with E-state index in [4.69, 9.17) is 25.5 Å². The molecule has 146 valence electrons. The standard InChI is InChI=1S/C19H22ClNO6/c1-19(2,3)27-18(24)21-15(17(22)23)10-12-8-9-13(26-12)11-25-16-7-5-4-6-14(16)20/h4-9,15H,10-11H2,1-3H3,(H,21,24)(H,22,23). The summed E-state index contributed by atoms with van der Waals surface area (Å²) in [5.41, 5.74) is -0.721. The van der Waals surface area contributed by atoms with Crippen LogP contribution in [0.1, 0.15) is 32.3 Å². The lowest BCUT2D eigenvalue weighted by Gasteiger charge is -2.21. The smallest absolute Gasteiger partial charge is 0.408 e. The molecule has 1 aromatic heterocycles. The van der Waals surface area contributed by atoms with Gasteiger partial charge in [0.15, 0.2) is 0 Å². The second-order valence-corrected chi connectivity index (χ2v) is 7.24. The molecule has 0 aliphatic rings. The van der Waals surface area contributed by atoms with E-state index in [9.17, 15) is 14.7 Å². The van der Waals surface area contributed by atoms with Gasteiger partial charge in [-0.1, -0.05) is 23.7 Å². The van der Waals surface area contributed by atoms with Crippen molar-refractivity contribution in [2.24, 2.45) is 0 Å². The number of carboxylic acids is 1. The van der Waals surface area contributed by atoms with E-state index >= 15 is 0 Å². The van der Waals surface area contributed by atoms with E-state index in [0.717, 1.165) is 0 Å². The lowest BCUT2D eigenvalue weighted by atomic mass is 10.1. The Morgan fingerprint density at radius 1 is 1.19 bits per heavy atom. The van der Waals surface area contributed by atoms with Gasteiger partial charge >= 0.3 is 12.1 Å². The molecule has 1 atom stereocenters. The van der Waals surface area contributed by atoms with Crippen molar-refractivity contribution in [3.8, 4) is 5.75 Å². The van der Waals surface area contributed by atoms with Crippen LogP contribution in [-0.4, -0.2) is 28.8 Å². The number of rotatable bonds is 7. The fourth-order valence-corrected chi connectivity index (χ4v) is 2.36. The van der Waals surface area contributed by atoms with E-state index in [1.165, 1.54) is 0 Å². The van der Waals surface area contributed by atoms with Crippen molar-refractivity contribution in [1.29, 1.82) is 0 Å². The number of nitrogens with one attached hydrogen (secondary N) is 1. The topological polar surface area (TPSA) is 98.0 Å². The summed E-state index contributed by atoms with van der Waals surface area (Å²) in [6.45, 7) is 5.22. The number of halogens is 1. The molecule has 2 N–H and O–H groups in total. The largest absolute Gasteiger partial charge is 0.484 e. The normalized spacial score (nSPS) is 12.3. The number of carbonyl (C=O) groups is 2. The maximum atomic E-state index is 11.8. The number of ether oxygens (including phenoxy) is 2. The maximum Gasteiger partial charge on any atom is 0.408 e. The van der Waals surface area contributed by atoms with Crippen LogP contribution in [-0.2, 0) is 22.6 Å². The number of hydrogen-bond acceptors (Lipinski definition) is 5. The Hall–Kier alpha value is -2.67. The number of aliphatic carboxylic acids is 1. The predicted molar refractivity (Wildman–Crippen MR) is 99.0 cm³/mol. The molecular formula is C19H22ClNO6. The number of benzene rings is 1. The third-order valence-electron chi connectivity index (χ3n) is 3.32. The Balaban J connectivity index is 1.94. The third-order valence-corrected chi connectivity index (χ3v) is 3.63. The van der Waals surface area contributed by atoms with Crippen molar-refractivity contribution >= 4 is 23.7 Å². The molecule has 0 aliphatic heterocycles. The lowest BCUT2D eigenvalue weighted by molar-refractivity contribution is -0.139. The van der Waals surface area contributed by atoms with E-state index in [1.807, 2.05) is 0 Å². The minimum absolute atomic E-state index is 0.0271. The number of carboxylic acid groups (broad SMARTS) is 1. The second-order valence-electron chi connectivity index (χ2n) is 6.83. The molecule has 0 spiro atoms. The fraction of sp³-hybridized carbons (Fsp3) is 0.368. The van der Waals surface area contributed by atoms with Crippen LogP contribution in [0.3, 0.4) is 0 Å². The molecule has 2 aromatic rings. The van der Waals surface area contributed by atoms with Crippen LogP contribution in [0.15, 0.2) is 40.8 Å². The summed E-state index contributed by atoms with van der Waals surface area (Å²) in [4.78, 5) is 23.2. The van der Waals surface area contributed by atoms with E-state index in [1.54, 1.807) is 57.2 Å². The van der Waals surface area contributed by atoms with Crippen molar-refractivity contribution < 1.29 is 28.6 Å². The summed E-state index contributed by atoms with van der Waals surface area (Å²) < 4.78 is 16.2. The highest BCUT2D eigenvalue weighted by Crippen LogP contribution is 2.24. The molecule has 1 unspecified atom stereocenters. The van der Waals surface area contributed by atoms with Crippen molar-refractivity contribution in [2.75, 3.05) is 0 Å². The van der Waals surface area contributed by atoms with Crippen LogP contribution in [0.5, 0.6) is 5.75 Å². The molecule has 7 nitrogen and oxygen atoms in total. The first-order chi connectivity index (χ1) is 12.6. The first-order valence-corrected chi connectivity index (χ1v) is 8.69. The molecule has 0 aliphatic carbocycles. The van der Waals surface area contributed by atoms with E-state index < -0.39 is 23.7 Å². The highest BCUT2D eigenvalue weighted by Gasteiger charge is 2.25. The van der Waals surface area contributed by atoms with Gasteiger partial charge in [0.2, 0.25) is 0 Å². The Bertz CT molecular complexity index is 795. The number of para-hydroxylation sites is 1. The quantitative estimate of drug-likeness (QED) is 0.734. The Labute approximate surface area is 162 Å². The minimum atomic E-state index is -1.19. The number of alkyl carbamates (subject to hydrolysis) is 1. The molecule has 1 heterocycles. The van der Waals surface area contributed by atoms with Crippen LogP contribution in [0.25, 0.3) is 0 Å². The molecule has 0 fully saturated rings. The Morgan fingerprint density at radius 3 is 2.48 bits per heavy atom. The SMILES string of the molecule is CC(C)(C)OC(=O)NC(Cc1ccc(COc2ccccc2Cl)o1)C(=O)O. The number of furan rings is 1. The first-order valence-electron chi connectivity index (χ1n) is 8.31. The molecular weight excluding hydrogens is 374 g/mol. The molecule has 1 aromatic carbocycles. The molecule has 0 radical (unpaired) electrons. The summed E-state index contributed by atoms with van der Waals surface area (Å²) in [6.07, 6.45) is -0.829. The fourth-order valence-electron chi connectivity index (χ4n) is 2.17. The number of hydrogen-bond donors (Lipinski definition) is 2. The Kier molecular flexibility index (Phi) is 6.74. The zero-order chi connectivity index (χ0) is 20.0. The lowest BCUT2D eigenvalue weighted by Crippen LogP contribution is -2.44. The van der Waals surface area contributed by atoms with Gasteiger partial charge in [-0.15, -0.1) is 0 Å². The van der Waals surface area contributed by atoms with Crippen LogP contribution in [0.4, 0.5) is 4.79 Å². The average Bonchev–Trinajstić information content (AvgIpc) is 2.99. The van der Waals surface area contributed by atoms with Crippen LogP contribution in [0, 0.1) is 0 Å². The highest BCUT2D eigenvalue weighted by molar-refractivity contribution is 6.32. The summed E-state index contributed by atoms with van der Waals surface area (Å²) in [6, 6.07) is 9.18. The van der Waals surface area contributed by atoms with Crippen LogP contribution < -0.4 is 10.1 Å². The summed E-state index contributed by atoms with van der Waals surface area (Å²) >= 11 is 6.02. The van der Waals surface area contributed by atoms with Gasteiger partial charge < -0.3 is 24.3 Å². The zero-order valence-corrected chi connectivity index (χ0v) is 16.1. The van der Waals surface area contributed by atoms with Gasteiger partial charge in [-0.05, 0) is 45.0 Å². The second kappa shape index (κ2) is 8.81. The molecule has 0 saturated heterocycles. The first kappa shape index (κ1) is 20.6. The zero-order valence-electron chi connectivity index (χ0n) is 15.3. The van der Waals surface area contributed by atoms with Crippen LogP contribution >= 0.6 is 11.6 Å². The van der Waals surface area contributed by atoms with Crippen LogP contribution in [0.2, 0.25) is 5.02 Å². The van der Waals surface area contributed by atoms with Crippen molar-refractivity contribution in [2.45, 2.75) is 45.4 Å². The van der Waals surface area contributed by atoms with Gasteiger partial charge in [0.1, 0.15) is 35.5 Å². The maximum absolute atomic E-state index is 11.8. The number of amides is 1. The molecule has 8 heteroatoms. The summed E-state index contributed by atoms with van der Waals surface area (Å²) in [5, 5.41) is 12.1. The monoisotopic (exact) mass is 395 g/mol. The molecule has 1 amide bonds. The van der Waals surface area contributed by atoms with Crippen molar-refractivity contribution in [3.05, 3.63) is 52.9 Å². The van der Waals surface area contributed by atoms with E-state index in [-0.39, 0.29) is 13.0 Å². The summed E-state index contributed by atoms with van der Waals surface area (Å²) in [5.74, 6) is 0.237. The molecule has 0 bridgehead atoms. The van der Waals surface area contributed by atoms with E-state index in [0.29, 0.717) is 22.3 Å². The Morgan fingerprint density at radius 2 is 1.85 bits per heavy atom. The van der Waals surface area contributed by atoms with E-state index in [2.05, 4.69) is 5.32 Å². The highest BCUT2D eigenvalue weighted by atomic mass is 35.5. The summed E-state index contributed by atoms with van der Waals surface area (Å²) in [7, 11) is 0. The van der Waals surface area contributed by atoms with Gasteiger partial charge in [0, 0.05) is 6.42 Å². The van der Waals surface area contributed by atoms with Crippen molar-refractivity contribution in [3.63, 3.8) is 0 Å². The van der Waals surface area contributed by atoms with Gasteiger partial charge in [-0.25, -0.2) is 9.59 Å². The number of carbonyl (C=O) groups excluding carboxylic acids is 1. The molecule has 27 heavy (non-hydrogen) atoms. The van der Waals surface area contributed by atoms with Gasteiger partial charge in [0.25, 0.3) is 0 Å². The molecule has 0 saturated carbocycles. The molecule has 2 rings (SSSR count). The predicted octanol–water partition coefficient (Wildman–Crippen LogP) is 4.03. The van der Waals surface area contributed by atoms with Gasteiger partial charge in [-0.2, -0.15) is 0 Å². The van der Waals surface area contributed by atoms with Gasteiger partial charge in [-0.3, -0.25) is 0 Å². The van der Waals surface area contributed by atoms with Gasteiger partial charge in [0.05, 0.1) is 5.02 Å². The average molecular weight is 396 g/mol. The van der Waals surface area contributed by atoms with Crippen molar-refractivity contribution in [1.82, 2.24) is 5.32 Å².